The molecule has 0 aliphatic carbocycles. The number of sulfonamides is 1. The minimum Gasteiger partial charge on any atom is -0.325 e. The summed E-state index contributed by atoms with van der Waals surface area (Å²) >= 11 is 1.04. The van der Waals surface area contributed by atoms with Crippen LogP contribution in [0.5, 0.6) is 0 Å². The van der Waals surface area contributed by atoms with E-state index in [2.05, 4.69) is 15.3 Å². The number of nitrogens with zero attached hydrogens (tertiary/aromatic N) is 4. The molecular weight excluding hydrogens is 468 g/mol. The van der Waals surface area contributed by atoms with Gasteiger partial charge in [-0.1, -0.05) is 32.5 Å². The topological polar surface area (TPSA) is 159 Å². The number of nitrogens with one attached hydrogen (secondary N) is 1. The maximum Gasteiger partial charge on any atom is 0.332 e. The largest absolute Gasteiger partial charge is 0.332 e. The van der Waals surface area contributed by atoms with Gasteiger partial charge in [0, 0.05) is 25.2 Å². The van der Waals surface area contributed by atoms with Gasteiger partial charge in [0.25, 0.3) is 5.56 Å². The van der Waals surface area contributed by atoms with Crippen molar-refractivity contribution in [2.24, 2.45) is 19.2 Å². The molecule has 2 aromatic heterocycles. The molecule has 13 heteroatoms. The summed E-state index contributed by atoms with van der Waals surface area (Å²) in [5.41, 5.74) is -0.940. The molecule has 11 nitrogen and oxygen atoms in total. The zero-order chi connectivity index (χ0) is 24.7. The highest BCUT2D eigenvalue weighted by molar-refractivity contribution is 8.00. The van der Waals surface area contributed by atoms with Crippen LogP contribution in [0, 0.1) is 0 Å². The molecule has 0 radical (unpaired) electrons. The Labute approximate surface area is 194 Å². The van der Waals surface area contributed by atoms with Gasteiger partial charge < -0.3 is 5.32 Å². The van der Waals surface area contributed by atoms with E-state index in [4.69, 9.17) is 5.14 Å². The highest BCUT2D eigenvalue weighted by Crippen LogP contribution is 2.27. The summed E-state index contributed by atoms with van der Waals surface area (Å²) in [7, 11) is -0.940. The van der Waals surface area contributed by atoms with Crippen LogP contribution >= 0.6 is 11.8 Å². The van der Waals surface area contributed by atoms with Gasteiger partial charge in [-0.15, -0.1) is 0 Å². The number of hydrogen-bond donors (Lipinski definition) is 2. The molecule has 1 amide bonds. The summed E-state index contributed by atoms with van der Waals surface area (Å²) in [6.45, 7) is 5.71. The maximum atomic E-state index is 12.8. The zero-order valence-corrected chi connectivity index (χ0v) is 20.4. The van der Waals surface area contributed by atoms with Crippen LogP contribution in [0.4, 0.5) is 5.69 Å². The van der Waals surface area contributed by atoms with Crippen molar-refractivity contribution in [3.63, 3.8) is 0 Å². The first-order valence-electron chi connectivity index (χ1n) is 9.74. The Morgan fingerprint density at radius 2 is 1.70 bits per heavy atom. The van der Waals surface area contributed by atoms with Gasteiger partial charge in [-0.25, -0.2) is 28.3 Å². The first kappa shape index (κ1) is 24.6. The molecule has 0 unspecified atom stereocenters. The number of benzene rings is 1. The van der Waals surface area contributed by atoms with Crippen LogP contribution in [0.25, 0.3) is 11.0 Å². The van der Waals surface area contributed by atoms with Gasteiger partial charge in [-0.2, -0.15) is 0 Å². The molecule has 33 heavy (non-hydrogen) atoms. The number of amides is 1. The van der Waals surface area contributed by atoms with Crippen molar-refractivity contribution >= 4 is 44.4 Å². The number of fused-ring (bicyclic) bond motifs is 1. The molecule has 0 spiro atoms. The molecule has 0 bridgehead atoms. The average Bonchev–Trinajstić information content (AvgIpc) is 2.73. The smallest absolute Gasteiger partial charge is 0.325 e. The third kappa shape index (κ3) is 5.15. The minimum absolute atomic E-state index is 0.0708. The van der Waals surface area contributed by atoms with Crippen LogP contribution < -0.4 is 21.7 Å². The van der Waals surface area contributed by atoms with Crippen molar-refractivity contribution in [3.8, 4) is 0 Å². The van der Waals surface area contributed by atoms with Crippen molar-refractivity contribution in [3.05, 3.63) is 50.9 Å². The maximum absolute atomic E-state index is 12.8. The SMILES string of the molecule is Cn1c(=O)c2c(SCC(=O)Nc3ccc(S(N)(=O)=O)cc3)nc(C(C)(C)C)nc2n(C)c1=O. The number of anilines is 1. The van der Waals surface area contributed by atoms with Crippen LogP contribution in [-0.2, 0) is 34.3 Å². The summed E-state index contributed by atoms with van der Waals surface area (Å²) in [4.78, 5) is 46.6. The molecule has 3 rings (SSSR count). The highest BCUT2D eigenvalue weighted by Gasteiger charge is 2.24. The molecule has 0 atom stereocenters. The van der Waals surface area contributed by atoms with E-state index in [1.807, 2.05) is 20.8 Å². The lowest BCUT2D eigenvalue weighted by atomic mass is 9.96. The van der Waals surface area contributed by atoms with E-state index in [1.54, 1.807) is 0 Å². The Morgan fingerprint density at radius 3 is 2.24 bits per heavy atom. The van der Waals surface area contributed by atoms with Crippen molar-refractivity contribution in [1.82, 2.24) is 19.1 Å². The van der Waals surface area contributed by atoms with E-state index < -0.39 is 32.6 Å². The minimum atomic E-state index is -3.83. The van der Waals surface area contributed by atoms with Crippen LogP contribution in [0.1, 0.15) is 26.6 Å². The first-order chi connectivity index (χ1) is 15.2. The predicted octanol–water partition coefficient (Wildman–Crippen LogP) is 0.703. The summed E-state index contributed by atoms with van der Waals surface area (Å²) in [6, 6.07) is 5.42. The quantitative estimate of drug-likeness (QED) is 0.389. The van der Waals surface area contributed by atoms with Crippen molar-refractivity contribution < 1.29 is 13.2 Å². The molecule has 0 aliphatic heterocycles. The van der Waals surface area contributed by atoms with Gasteiger partial charge >= 0.3 is 5.69 Å². The van der Waals surface area contributed by atoms with Gasteiger partial charge in [-0.3, -0.25) is 18.7 Å². The summed E-state index contributed by atoms with van der Waals surface area (Å²) in [5.74, 6) is -0.0488. The van der Waals surface area contributed by atoms with Crippen molar-refractivity contribution in [2.75, 3.05) is 11.1 Å². The lowest BCUT2D eigenvalue weighted by Gasteiger charge is -2.19. The fraction of sp³-hybridized carbons (Fsp3) is 0.350. The predicted molar refractivity (Wildman–Crippen MR) is 126 cm³/mol. The molecule has 3 N–H and O–H groups in total. The number of carbonyl (C=O) groups is 1. The van der Waals surface area contributed by atoms with E-state index in [-0.39, 0.29) is 21.7 Å². The van der Waals surface area contributed by atoms with E-state index in [0.717, 1.165) is 16.3 Å². The standard InChI is InChI=1S/C20H24N6O5S2/c1-20(2,3)18-23-15-14(17(28)26(5)19(29)25(15)4)16(24-18)32-10-13(27)22-11-6-8-12(9-7-11)33(21,30)31/h6-9H,10H2,1-5H3,(H,22,27)(H2,21,30,31). The third-order valence-electron chi connectivity index (χ3n) is 4.74. The normalized spacial score (nSPS) is 12.2. The highest BCUT2D eigenvalue weighted by atomic mass is 32.2. The zero-order valence-electron chi connectivity index (χ0n) is 18.7. The molecule has 3 aromatic rings. The summed E-state index contributed by atoms with van der Waals surface area (Å²) in [6.07, 6.45) is 0. The summed E-state index contributed by atoms with van der Waals surface area (Å²) in [5, 5.41) is 8.17. The number of rotatable bonds is 5. The summed E-state index contributed by atoms with van der Waals surface area (Å²) < 4.78 is 25.0. The van der Waals surface area contributed by atoms with E-state index >= 15 is 0 Å². The van der Waals surface area contributed by atoms with Crippen molar-refractivity contribution in [1.29, 1.82) is 0 Å². The van der Waals surface area contributed by atoms with Crippen LogP contribution in [0.15, 0.2) is 43.8 Å². The first-order valence-corrected chi connectivity index (χ1v) is 12.3. The second-order valence-electron chi connectivity index (χ2n) is 8.41. The van der Waals surface area contributed by atoms with Crippen LogP contribution in [-0.4, -0.2) is 39.2 Å². The van der Waals surface area contributed by atoms with Crippen LogP contribution in [0.3, 0.4) is 0 Å². The van der Waals surface area contributed by atoms with Gasteiger partial charge in [0.1, 0.15) is 16.2 Å². The van der Waals surface area contributed by atoms with Gasteiger partial charge in [0.2, 0.25) is 15.9 Å². The van der Waals surface area contributed by atoms with E-state index in [1.165, 1.54) is 42.9 Å². The lowest BCUT2D eigenvalue weighted by Crippen LogP contribution is -2.38. The molecular formula is C20H24N6O5S2. The number of primary sulfonamides is 1. The molecule has 0 saturated heterocycles. The Kier molecular flexibility index (Phi) is 6.51. The Balaban J connectivity index is 1.94. The molecule has 0 fully saturated rings. The van der Waals surface area contributed by atoms with E-state index in [9.17, 15) is 22.8 Å². The van der Waals surface area contributed by atoms with Crippen LogP contribution in [0.2, 0.25) is 0 Å². The number of thioether (sulfide) groups is 1. The van der Waals surface area contributed by atoms with E-state index in [0.29, 0.717) is 16.5 Å². The van der Waals surface area contributed by atoms with Crippen molar-refractivity contribution in [2.45, 2.75) is 36.1 Å². The monoisotopic (exact) mass is 492 g/mol. The Morgan fingerprint density at radius 1 is 1.09 bits per heavy atom. The third-order valence-corrected chi connectivity index (χ3v) is 6.65. The molecule has 0 saturated carbocycles. The number of hydrogen-bond acceptors (Lipinski definition) is 8. The number of carbonyl (C=O) groups excluding carboxylic acids is 1. The molecule has 176 valence electrons. The Hall–Kier alpha value is -3.03. The molecule has 1 aromatic carbocycles. The van der Waals surface area contributed by atoms with Gasteiger partial charge in [0.05, 0.1) is 10.6 Å². The second-order valence-corrected chi connectivity index (χ2v) is 10.9. The Bertz CT molecular complexity index is 1470. The molecule has 2 heterocycles. The van der Waals surface area contributed by atoms with Gasteiger partial charge in [-0.05, 0) is 24.3 Å². The van der Waals surface area contributed by atoms with Gasteiger partial charge in [0.15, 0.2) is 5.65 Å². The average molecular weight is 493 g/mol. The fourth-order valence-corrected chi connectivity index (χ4v) is 4.26. The molecule has 0 aliphatic rings. The second kappa shape index (κ2) is 8.72. The fourth-order valence-electron chi connectivity index (χ4n) is 2.93. The number of nitrogens with two attached hydrogens (primary N) is 1. The number of aryl methyl sites for hydroxylation is 1. The lowest BCUT2D eigenvalue weighted by molar-refractivity contribution is -0.113. The number of aromatic nitrogens is 4.